The minimum absolute atomic E-state index is 0.0315. The normalized spacial score (nSPS) is 18.2. The lowest BCUT2D eigenvalue weighted by atomic mass is 9.91. The molecule has 7 nitrogen and oxygen atoms in total. The fourth-order valence-electron chi connectivity index (χ4n) is 3.35. The number of hydrogen-bond donors (Lipinski definition) is 2. The predicted octanol–water partition coefficient (Wildman–Crippen LogP) is 2.39. The molecule has 0 saturated carbocycles. The highest BCUT2D eigenvalue weighted by molar-refractivity contribution is 6.01. The van der Waals surface area contributed by atoms with E-state index in [0.717, 1.165) is 12.5 Å². The van der Waals surface area contributed by atoms with E-state index in [1.807, 2.05) is 6.92 Å². The number of rotatable bonds is 6. The largest absolute Gasteiger partial charge is 0.503 e. The highest BCUT2D eigenvalue weighted by Gasteiger charge is 2.36. The molecule has 1 aliphatic rings. The number of benzene rings is 1. The van der Waals surface area contributed by atoms with Crippen LogP contribution < -0.4 is 10.7 Å². The van der Waals surface area contributed by atoms with Crippen molar-refractivity contribution in [3.63, 3.8) is 0 Å². The zero-order valence-corrected chi connectivity index (χ0v) is 16.6. The second-order valence-electron chi connectivity index (χ2n) is 7.20. The number of pyridine rings is 1. The number of ketones is 1. The summed E-state index contributed by atoms with van der Waals surface area (Å²) in [4.78, 5) is 37.6. The van der Waals surface area contributed by atoms with Gasteiger partial charge in [-0.2, -0.15) is 0 Å². The summed E-state index contributed by atoms with van der Waals surface area (Å²) >= 11 is 0. The van der Waals surface area contributed by atoms with Crippen LogP contribution in [0.2, 0.25) is 0 Å². The summed E-state index contributed by atoms with van der Waals surface area (Å²) in [6.45, 7) is 3.93. The highest BCUT2D eigenvalue weighted by Crippen LogP contribution is 2.27. The minimum Gasteiger partial charge on any atom is -0.503 e. The molecule has 2 unspecified atom stereocenters. The third-order valence-corrected chi connectivity index (χ3v) is 5.07. The number of nitrogens with zero attached hydrogens (tertiary/aromatic N) is 1. The third-order valence-electron chi connectivity index (χ3n) is 5.07. The summed E-state index contributed by atoms with van der Waals surface area (Å²) in [5.41, 5.74) is -1.52. The molecule has 0 saturated heterocycles. The molecule has 0 bridgehead atoms. The molecule has 1 amide bonds. The molecule has 1 aromatic carbocycles. The molecule has 0 aliphatic carbocycles. The summed E-state index contributed by atoms with van der Waals surface area (Å²) in [7, 11) is 0. The Morgan fingerprint density at radius 1 is 1.33 bits per heavy atom. The van der Waals surface area contributed by atoms with Gasteiger partial charge >= 0.3 is 0 Å². The van der Waals surface area contributed by atoms with E-state index in [2.05, 4.69) is 5.32 Å². The van der Waals surface area contributed by atoms with Crippen molar-refractivity contribution in [3.05, 3.63) is 63.1 Å². The average molecular weight is 420 g/mol. The zero-order chi connectivity index (χ0) is 22.0. The second kappa shape index (κ2) is 8.74. The summed E-state index contributed by atoms with van der Waals surface area (Å²) in [6, 6.07) is 2.91. The molecular weight excluding hydrogens is 398 g/mol. The van der Waals surface area contributed by atoms with Crippen molar-refractivity contribution in [1.82, 2.24) is 9.88 Å². The van der Waals surface area contributed by atoms with Crippen molar-refractivity contribution < 1.29 is 28.2 Å². The third kappa shape index (κ3) is 4.11. The lowest BCUT2D eigenvalue weighted by molar-refractivity contribution is 0.00165. The van der Waals surface area contributed by atoms with Crippen LogP contribution in [0.4, 0.5) is 8.78 Å². The number of carbonyl (C=O) groups is 2. The first kappa shape index (κ1) is 21.6. The van der Waals surface area contributed by atoms with Gasteiger partial charge in [0.1, 0.15) is 22.9 Å². The SMILES string of the molecule is CCCOC1Cn2cc(C(=O)NCc3ccc(F)cc3F)c(=O)c(O)c2C(=O)C1C. The van der Waals surface area contributed by atoms with E-state index in [0.29, 0.717) is 12.7 Å². The van der Waals surface area contributed by atoms with Crippen LogP contribution in [0.25, 0.3) is 0 Å². The number of amides is 1. The molecule has 9 heteroatoms. The van der Waals surface area contributed by atoms with Crippen LogP contribution in [0.5, 0.6) is 5.75 Å². The molecule has 2 atom stereocenters. The number of fused-ring (bicyclic) bond motifs is 1. The summed E-state index contributed by atoms with van der Waals surface area (Å²) in [5, 5.41) is 12.7. The van der Waals surface area contributed by atoms with Crippen molar-refractivity contribution in [2.24, 2.45) is 5.92 Å². The van der Waals surface area contributed by atoms with Gasteiger partial charge in [-0.15, -0.1) is 0 Å². The van der Waals surface area contributed by atoms with E-state index in [1.165, 1.54) is 16.8 Å². The number of nitrogens with one attached hydrogen (secondary N) is 1. The van der Waals surface area contributed by atoms with Crippen molar-refractivity contribution in [2.75, 3.05) is 6.61 Å². The number of aromatic nitrogens is 1. The van der Waals surface area contributed by atoms with Gasteiger partial charge in [-0.05, 0) is 12.5 Å². The summed E-state index contributed by atoms with van der Waals surface area (Å²) in [6.07, 6.45) is 1.49. The van der Waals surface area contributed by atoms with Crippen LogP contribution in [0.3, 0.4) is 0 Å². The average Bonchev–Trinajstić information content (AvgIpc) is 2.71. The number of aromatic hydroxyl groups is 1. The quantitative estimate of drug-likeness (QED) is 0.748. The van der Waals surface area contributed by atoms with E-state index in [1.54, 1.807) is 6.92 Å². The van der Waals surface area contributed by atoms with Gasteiger partial charge in [0.05, 0.1) is 6.10 Å². The fourth-order valence-corrected chi connectivity index (χ4v) is 3.35. The van der Waals surface area contributed by atoms with Gasteiger partial charge < -0.3 is 19.7 Å². The molecule has 0 radical (unpaired) electrons. The highest BCUT2D eigenvalue weighted by atomic mass is 19.1. The van der Waals surface area contributed by atoms with E-state index in [4.69, 9.17) is 4.74 Å². The lowest BCUT2D eigenvalue weighted by Gasteiger charge is -2.31. The Kier molecular flexibility index (Phi) is 6.31. The predicted molar refractivity (Wildman–Crippen MR) is 103 cm³/mol. The van der Waals surface area contributed by atoms with Gasteiger partial charge in [0, 0.05) is 43.4 Å². The number of carbonyl (C=O) groups excluding carboxylic acids is 2. The maximum atomic E-state index is 13.7. The van der Waals surface area contributed by atoms with Crippen LogP contribution in [-0.2, 0) is 17.8 Å². The molecule has 1 aromatic heterocycles. The fraction of sp³-hybridized carbons (Fsp3) is 0.381. The number of halogens is 2. The van der Waals surface area contributed by atoms with Gasteiger partial charge in [0.15, 0.2) is 11.5 Å². The van der Waals surface area contributed by atoms with Crippen LogP contribution in [0, 0.1) is 17.6 Å². The smallest absolute Gasteiger partial charge is 0.257 e. The van der Waals surface area contributed by atoms with E-state index < -0.39 is 52.1 Å². The van der Waals surface area contributed by atoms with Crippen molar-refractivity contribution in [1.29, 1.82) is 0 Å². The Labute approximate surface area is 171 Å². The number of ether oxygens (including phenoxy) is 1. The first-order valence-electron chi connectivity index (χ1n) is 9.58. The molecule has 2 N–H and O–H groups in total. The monoisotopic (exact) mass is 420 g/mol. The van der Waals surface area contributed by atoms with Gasteiger partial charge in [0.2, 0.25) is 5.43 Å². The first-order valence-corrected chi connectivity index (χ1v) is 9.58. The van der Waals surface area contributed by atoms with Crippen LogP contribution in [0.1, 0.15) is 46.7 Å². The Hall–Kier alpha value is -3.07. The molecule has 2 aromatic rings. The van der Waals surface area contributed by atoms with Gasteiger partial charge in [0.25, 0.3) is 5.91 Å². The van der Waals surface area contributed by atoms with Crippen molar-refractivity contribution >= 4 is 11.7 Å². The molecular formula is C21H22F2N2O5. The van der Waals surface area contributed by atoms with E-state index in [9.17, 15) is 28.3 Å². The maximum absolute atomic E-state index is 13.7. The molecule has 160 valence electrons. The lowest BCUT2D eigenvalue weighted by Crippen LogP contribution is -2.42. The van der Waals surface area contributed by atoms with E-state index in [-0.39, 0.29) is 24.3 Å². The van der Waals surface area contributed by atoms with Crippen molar-refractivity contribution in [3.8, 4) is 5.75 Å². The Bertz CT molecular complexity index is 1050. The molecule has 3 rings (SSSR count). The molecule has 0 fully saturated rings. The van der Waals surface area contributed by atoms with Crippen LogP contribution in [0.15, 0.2) is 29.2 Å². The Balaban J connectivity index is 1.88. The summed E-state index contributed by atoms with van der Waals surface area (Å²) < 4.78 is 33.8. The summed E-state index contributed by atoms with van der Waals surface area (Å²) in [5.74, 6) is -4.25. The van der Waals surface area contributed by atoms with Gasteiger partial charge in [-0.1, -0.05) is 19.9 Å². The Morgan fingerprint density at radius 2 is 2.07 bits per heavy atom. The van der Waals surface area contributed by atoms with Crippen molar-refractivity contribution in [2.45, 2.75) is 39.5 Å². The second-order valence-corrected chi connectivity index (χ2v) is 7.20. The molecule has 0 spiro atoms. The molecule has 1 aliphatic heterocycles. The molecule has 2 heterocycles. The minimum atomic E-state index is -0.994. The maximum Gasteiger partial charge on any atom is 0.257 e. The molecule has 30 heavy (non-hydrogen) atoms. The number of Topliss-reactive ketones (excluding diaryl/α,β-unsaturated/α-hetero) is 1. The van der Waals surface area contributed by atoms with E-state index >= 15 is 0 Å². The zero-order valence-electron chi connectivity index (χ0n) is 16.6. The standard InChI is InChI=1S/C21H22F2N2O5/c1-3-6-30-16-10-25-9-14(19(27)20(28)17(25)18(26)11(16)2)21(29)24-8-12-4-5-13(22)7-15(12)23/h4-5,7,9,11,16,28H,3,6,8,10H2,1-2H3,(H,24,29). The van der Waals surface area contributed by atoms with Gasteiger partial charge in [-0.25, -0.2) is 8.78 Å². The van der Waals surface area contributed by atoms with Crippen LogP contribution in [-0.4, -0.2) is 34.1 Å². The topological polar surface area (TPSA) is 97.6 Å². The van der Waals surface area contributed by atoms with Crippen LogP contribution >= 0.6 is 0 Å². The van der Waals surface area contributed by atoms with Gasteiger partial charge in [-0.3, -0.25) is 14.4 Å². The Morgan fingerprint density at radius 3 is 2.73 bits per heavy atom. The number of hydrogen-bond acceptors (Lipinski definition) is 5. The first-order chi connectivity index (χ1) is 14.2.